The SMILES string of the molecule is COC(=O)C1(O)Cc2ccc(C)cc2C1. The third-order valence-corrected chi connectivity index (χ3v) is 2.89. The molecule has 0 amide bonds. The van der Waals surface area contributed by atoms with Crippen LogP contribution in [0, 0.1) is 6.92 Å². The molecule has 0 saturated heterocycles. The van der Waals surface area contributed by atoms with Crippen LogP contribution in [-0.4, -0.2) is 23.8 Å². The van der Waals surface area contributed by atoms with Gasteiger partial charge in [-0.15, -0.1) is 0 Å². The monoisotopic (exact) mass is 206 g/mol. The number of aryl methyl sites for hydroxylation is 1. The van der Waals surface area contributed by atoms with Crippen molar-refractivity contribution in [3.63, 3.8) is 0 Å². The molecule has 80 valence electrons. The van der Waals surface area contributed by atoms with Crippen LogP contribution < -0.4 is 0 Å². The molecule has 0 bridgehead atoms. The molecule has 1 aromatic carbocycles. The van der Waals surface area contributed by atoms with Crippen molar-refractivity contribution in [2.45, 2.75) is 25.4 Å². The van der Waals surface area contributed by atoms with Gasteiger partial charge in [0.1, 0.15) is 0 Å². The van der Waals surface area contributed by atoms with E-state index in [9.17, 15) is 9.90 Å². The van der Waals surface area contributed by atoms with Crippen molar-refractivity contribution < 1.29 is 14.6 Å². The number of methoxy groups -OCH3 is 1. The molecule has 3 nitrogen and oxygen atoms in total. The number of ether oxygens (including phenoxy) is 1. The summed E-state index contributed by atoms with van der Waals surface area (Å²) in [6, 6.07) is 5.96. The maximum absolute atomic E-state index is 11.4. The second kappa shape index (κ2) is 3.35. The van der Waals surface area contributed by atoms with Gasteiger partial charge < -0.3 is 9.84 Å². The van der Waals surface area contributed by atoms with Crippen molar-refractivity contribution in [3.8, 4) is 0 Å². The largest absolute Gasteiger partial charge is 0.467 e. The van der Waals surface area contributed by atoms with E-state index in [1.165, 1.54) is 7.11 Å². The Hall–Kier alpha value is -1.35. The maximum atomic E-state index is 11.4. The lowest BCUT2D eigenvalue weighted by atomic mass is 10.0. The van der Waals surface area contributed by atoms with Gasteiger partial charge in [0.2, 0.25) is 0 Å². The topological polar surface area (TPSA) is 46.5 Å². The molecule has 1 unspecified atom stereocenters. The fraction of sp³-hybridized carbons (Fsp3) is 0.417. The highest BCUT2D eigenvalue weighted by Crippen LogP contribution is 2.31. The van der Waals surface area contributed by atoms with Gasteiger partial charge in [-0.05, 0) is 18.1 Å². The lowest BCUT2D eigenvalue weighted by molar-refractivity contribution is -0.161. The van der Waals surface area contributed by atoms with E-state index in [0.29, 0.717) is 12.8 Å². The third kappa shape index (κ3) is 1.63. The molecule has 1 N–H and O–H groups in total. The minimum Gasteiger partial charge on any atom is -0.467 e. The first-order chi connectivity index (χ1) is 7.05. The molecule has 0 radical (unpaired) electrons. The molecule has 1 atom stereocenters. The number of benzene rings is 1. The molecule has 1 aliphatic carbocycles. The minimum absolute atomic E-state index is 0.356. The average Bonchev–Trinajstić information content (AvgIpc) is 2.53. The predicted molar refractivity (Wildman–Crippen MR) is 55.6 cm³/mol. The van der Waals surface area contributed by atoms with Crippen LogP contribution in [0.4, 0.5) is 0 Å². The molecule has 0 aromatic heterocycles. The van der Waals surface area contributed by atoms with Crippen molar-refractivity contribution in [2.24, 2.45) is 0 Å². The Bertz CT molecular complexity index is 411. The highest BCUT2D eigenvalue weighted by molar-refractivity contribution is 5.81. The minimum atomic E-state index is -1.36. The van der Waals surface area contributed by atoms with Gasteiger partial charge in [-0.1, -0.05) is 23.8 Å². The number of hydrogen-bond acceptors (Lipinski definition) is 3. The normalized spacial score (nSPS) is 23.7. The quantitative estimate of drug-likeness (QED) is 0.697. The molecule has 0 aliphatic heterocycles. The van der Waals surface area contributed by atoms with Gasteiger partial charge in [-0.25, -0.2) is 4.79 Å². The van der Waals surface area contributed by atoms with Crippen LogP contribution >= 0.6 is 0 Å². The highest BCUT2D eigenvalue weighted by Gasteiger charge is 2.42. The summed E-state index contributed by atoms with van der Waals surface area (Å²) < 4.78 is 4.61. The van der Waals surface area contributed by atoms with Crippen LogP contribution in [0.3, 0.4) is 0 Å². The first-order valence-corrected chi connectivity index (χ1v) is 4.94. The van der Waals surface area contributed by atoms with E-state index in [4.69, 9.17) is 0 Å². The second-order valence-electron chi connectivity index (χ2n) is 4.15. The molecule has 0 heterocycles. The molecule has 0 saturated carbocycles. The summed E-state index contributed by atoms with van der Waals surface area (Å²) in [6.07, 6.45) is 0.714. The summed E-state index contributed by atoms with van der Waals surface area (Å²) in [4.78, 5) is 11.4. The zero-order chi connectivity index (χ0) is 11.1. The summed E-state index contributed by atoms with van der Waals surface area (Å²) in [7, 11) is 1.30. The van der Waals surface area contributed by atoms with Crippen LogP contribution in [0.1, 0.15) is 16.7 Å². The summed E-state index contributed by atoms with van der Waals surface area (Å²) >= 11 is 0. The highest BCUT2D eigenvalue weighted by atomic mass is 16.5. The number of aliphatic hydroxyl groups is 1. The van der Waals surface area contributed by atoms with Crippen LogP contribution in [0.15, 0.2) is 18.2 Å². The maximum Gasteiger partial charge on any atom is 0.338 e. The number of esters is 1. The second-order valence-corrected chi connectivity index (χ2v) is 4.15. The Morgan fingerprint density at radius 2 is 2.07 bits per heavy atom. The van der Waals surface area contributed by atoms with Crippen molar-refractivity contribution in [2.75, 3.05) is 7.11 Å². The first kappa shape index (κ1) is 10.2. The van der Waals surface area contributed by atoms with E-state index in [0.717, 1.165) is 16.7 Å². The average molecular weight is 206 g/mol. The van der Waals surface area contributed by atoms with Gasteiger partial charge in [0.05, 0.1) is 7.11 Å². The number of fused-ring (bicyclic) bond motifs is 1. The first-order valence-electron chi connectivity index (χ1n) is 4.94. The van der Waals surface area contributed by atoms with Crippen molar-refractivity contribution >= 4 is 5.97 Å². The standard InChI is InChI=1S/C12H14O3/c1-8-3-4-9-6-12(14,11(13)15-2)7-10(9)5-8/h3-5,14H,6-7H2,1-2H3. The molecule has 15 heavy (non-hydrogen) atoms. The Morgan fingerprint density at radius 1 is 1.40 bits per heavy atom. The summed E-state index contributed by atoms with van der Waals surface area (Å²) in [6.45, 7) is 2.00. The zero-order valence-electron chi connectivity index (χ0n) is 8.91. The van der Waals surface area contributed by atoms with Crippen LogP contribution in [0.25, 0.3) is 0 Å². The number of carbonyl (C=O) groups is 1. The summed E-state index contributed by atoms with van der Waals surface area (Å²) in [5.74, 6) is -0.545. The Labute approximate surface area is 88.7 Å². The number of carbonyl (C=O) groups excluding carboxylic acids is 1. The van der Waals surface area contributed by atoms with Crippen LogP contribution in [-0.2, 0) is 22.4 Å². The molecule has 3 heteroatoms. The van der Waals surface area contributed by atoms with Gasteiger partial charge in [-0.2, -0.15) is 0 Å². The van der Waals surface area contributed by atoms with Crippen LogP contribution in [0.5, 0.6) is 0 Å². The van der Waals surface area contributed by atoms with Crippen molar-refractivity contribution in [1.82, 2.24) is 0 Å². The molecular weight excluding hydrogens is 192 g/mol. The van der Waals surface area contributed by atoms with Crippen molar-refractivity contribution in [3.05, 3.63) is 34.9 Å². The van der Waals surface area contributed by atoms with Gasteiger partial charge >= 0.3 is 5.97 Å². The third-order valence-electron chi connectivity index (χ3n) is 2.89. The molecule has 1 aliphatic rings. The fourth-order valence-electron chi connectivity index (χ4n) is 2.12. The lowest BCUT2D eigenvalue weighted by Gasteiger charge is -2.18. The predicted octanol–water partition coefficient (Wildman–Crippen LogP) is 0.998. The Balaban J connectivity index is 2.32. The van der Waals surface area contributed by atoms with Gasteiger partial charge in [0, 0.05) is 12.8 Å². The van der Waals surface area contributed by atoms with E-state index >= 15 is 0 Å². The molecule has 2 rings (SSSR count). The van der Waals surface area contributed by atoms with E-state index in [2.05, 4.69) is 4.74 Å². The fourth-order valence-corrected chi connectivity index (χ4v) is 2.12. The number of rotatable bonds is 1. The molecule has 0 spiro atoms. The van der Waals surface area contributed by atoms with E-state index in [1.54, 1.807) is 0 Å². The van der Waals surface area contributed by atoms with Gasteiger partial charge in [-0.3, -0.25) is 0 Å². The Kier molecular flexibility index (Phi) is 2.27. The van der Waals surface area contributed by atoms with Gasteiger partial charge in [0.15, 0.2) is 5.60 Å². The van der Waals surface area contributed by atoms with E-state index in [-0.39, 0.29) is 0 Å². The van der Waals surface area contributed by atoms with E-state index < -0.39 is 11.6 Å². The van der Waals surface area contributed by atoms with E-state index in [1.807, 2.05) is 25.1 Å². The smallest absolute Gasteiger partial charge is 0.338 e. The molecule has 1 aromatic rings. The zero-order valence-corrected chi connectivity index (χ0v) is 8.91. The molecule has 0 fully saturated rings. The molecular formula is C12H14O3. The number of hydrogen-bond donors (Lipinski definition) is 1. The summed E-state index contributed by atoms with van der Waals surface area (Å²) in [5.41, 5.74) is 1.87. The van der Waals surface area contributed by atoms with Crippen LogP contribution in [0.2, 0.25) is 0 Å². The van der Waals surface area contributed by atoms with Crippen molar-refractivity contribution in [1.29, 1.82) is 0 Å². The summed E-state index contributed by atoms with van der Waals surface area (Å²) in [5, 5.41) is 10.1. The lowest BCUT2D eigenvalue weighted by Crippen LogP contribution is -2.40. The Morgan fingerprint density at radius 3 is 2.73 bits per heavy atom. The van der Waals surface area contributed by atoms with Gasteiger partial charge in [0.25, 0.3) is 0 Å².